The van der Waals surface area contributed by atoms with Crippen molar-refractivity contribution in [3.8, 4) is 11.4 Å². The number of carbonyl (C=O) groups is 2. The van der Waals surface area contributed by atoms with E-state index in [-0.39, 0.29) is 18.2 Å². The van der Waals surface area contributed by atoms with Crippen LogP contribution in [0.15, 0.2) is 30.3 Å². The lowest BCUT2D eigenvalue weighted by atomic mass is 10.1. The number of nitrogens with zero attached hydrogens (tertiary/aromatic N) is 5. The van der Waals surface area contributed by atoms with Gasteiger partial charge in [-0.2, -0.15) is 0 Å². The summed E-state index contributed by atoms with van der Waals surface area (Å²) in [6.07, 6.45) is -0.645. The molecule has 0 aliphatic rings. The number of amides is 2. The van der Waals surface area contributed by atoms with Gasteiger partial charge in [0.05, 0.1) is 6.42 Å². The standard InChI is InChI=1S/C21H30N6O3/c1-20(2,3)22-16(28)13-15(27(7)19(29)30-21(4,5)6)18-25-23-17(24-26-18)14-11-9-8-10-12-14/h8-12,15H,13H2,1-7H3,(H,22,28). The molecule has 0 saturated heterocycles. The first-order valence-electron chi connectivity index (χ1n) is 9.75. The predicted molar refractivity (Wildman–Crippen MR) is 112 cm³/mol. The fraction of sp³-hybridized carbons (Fsp3) is 0.524. The van der Waals surface area contributed by atoms with E-state index >= 15 is 0 Å². The first-order chi connectivity index (χ1) is 13.9. The third-order valence-corrected chi connectivity index (χ3v) is 3.87. The molecule has 2 amide bonds. The highest BCUT2D eigenvalue weighted by atomic mass is 16.6. The van der Waals surface area contributed by atoms with Crippen LogP contribution in [0.25, 0.3) is 11.4 Å². The van der Waals surface area contributed by atoms with Gasteiger partial charge in [-0.15, -0.1) is 20.4 Å². The van der Waals surface area contributed by atoms with E-state index in [0.717, 1.165) is 5.56 Å². The number of ether oxygens (including phenoxy) is 1. The van der Waals surface area contributed by atoms with Crippen LogP contribution in [0.4, 0.5) is 4.79 Å². The van der Waals surface area contributed by atoms with Crippen molar-refractivity contribution in [2.75, 3.05) is 7.05 Å². The summed E-state index contributed by atoms with van der Waals surface area (Å²) in [4.78, 5) is 26.5. The van der Waals surface area contributed by atoms with Gasteiger partial charge in [-0.3, -0.25) is 4.79 Å². The molecule has 0 spiro atoms. The largest absolute Gasteiger partial charge is 0.444 e. The summed E-state index contributed by atoms with van der Waals surface area (Å²) in [5, 5.41) is 19.5. The molecular weight excluding hydrogens is 384 g/mol. The number of carbonyl (C=O) groups excluding carboxylic acids is 2. The molecule has 2 rings (SSSR count). The Morgan fingerprint density at radius 1 is 1.00 bits per heavy atom. The van der Waals surface area contributed by atoms with Crippen LogP contribution in [0.5, 0.6) is 0 Å². The third kappa shape index (κ3) is 7.06. The lowest BCUT2D eigenvalue weighted by Crippen LogP contribution is -2.44. The van der Waals surface area contributed by atoms with Gasteiger partial charge in [0.2, 0.25) is 11.7 Å². The van der Waals surface area contributed by atoms with Crippen molar-refractivity contribution in [2.45, 2.75) is 65.1 Å². The summed E-state index contributed by atoms with van der Waals surface area (Å²) in [6, 6.07) is 8.52. The van der Waals surface area contributed by atoms with E-state index < -0.39 is 23.3 Å². The molecule has 30 heavy (non-hydrogen) atoms. The highest BCUT2D eigenvalue weighted by molar-refractivity contribution is 5.78. The van der Waals surface area contributed by atoms with Crippen molar-refractivity contribution < 1.29 is 14.3 Å². The van der Waals surface area contributed by atoms with Crippen LogP contribution in [-0.4, -0.2) is 55.5 Å². The first kappa shape index (κ1) is 23.2. The van der Waals surface area contributed by atoms with Crippen LogP contribution in [-0.2, 0) is 9.53 Å². The van der Waals surface area contributed by atoms with Gasteiger partial charge < -0.3 is 15.0 Å². The normalized spacial score (nSPS) is 12.8. The fourth-order valence-electron chi connectivity index (χ4n) is 2.58. The second-order valence-corrected chi connectivity index (χ2v) is 9.06. The summed E-state index contributed by atoms with van der Waals surface area (Å²) >= 11 is 0. The zero-order valence-electron chi connectivity index (χ0n) is 18.6. The van der Waals surface area contributed by atoms with Crippen LogP contribution in [0.1, 0.15) is 59.8 Å². The second-order valence-electron chi connectivity index (χ2n) is 9.06. The molecule has 0 aliphatic heterocycles. The van der Waals surface area contributed by atoms with Crippen LogP contribution in [0.2, 0.25) is 0 Å². The number of hydrogen-bond donors (Lipinski definition) is 1. The molecule has 1 unspecified atom stereocenters. The maximum atomic E-state index is 12.6. The molecule has 9 heteroatoms. The van der Waals surface area contributed by atoms with Crippen LogP contribution < -0.4 is 5.32 Å². The van der Waals surface area contributed by atoms with Crippen molar-refractivity contribution in [2.24, 2.45) is 0 Å². The molecule has 162 valence electrons. The van der Waals surface area contributed by atoms with Gasteiger partial charge in [-0.25, -0.2) is 4.79 Å². The van der Waals surface area contributed by atoms with E-state index in [2.05, 4.69) is 25.7 Å². The maximum Gasteiger partial charge on any atom is 0.410 e. The molecule has 0 aliphatic carbocycles. The summed E-state index contributed by atoms with van der Waals surface area (Å²) in [5.41, 5.74) is -0.329. The summed E-state index contributed by atoms with van der Waals surface area (Å²) in [7, 11) is 1.54. The number of aromatic nitrogens is 4. The molecule has 1 aromatic heterocycles. The van der Waals surface area contributed by atoms with E-state index in [1.54, 1.807) is 20.8 Å². The Labute approximate surface area is 177 Å². The van der Waals surface area contributed by atoms with Gasteiger partial charge in [0.25, 0.3) is 0 Å². The highest BCUT2D eigenvalue weighted by Gasteiger charge is 2.31. The van der Waals surface area contributed by atoms with Gasteiger partial charge in [-0.1, -0.05) is 30.3 Å². The molecule has 0 fully saturated rings. The van der Waals surface area contributed by atoms with Crippen molar-refractivity contribution in [3.05, 3.63) is 36.2 Å². The zero-order valence-corrected chi connectivity index (χ0v) is 18.6. The smallest absolute Gasteiger partial charge is 0.410 e. The van der Waals surface area contributed by atoms with E-state index in [1.165, 1.54) is 11.9 Å². The number of nitrogens with one attached hydrogen (secondary N) is 1. The monoisotopic (exact) mass is 414 g/mol. The number of rotatable bonds is 5. The maximum absolute atomic E-state index is 12.6. The Morgan fingerprint density at radius 2 is 1.57 bits per heavy atom. The Kier molecular flexibility index (Phi) is 7.07. The number of benzene rings is 1. The SMILES string of the molecule is CN(C(=O)OC(C)(C)C)C(CC(=O)NC(C)(C)C)c1nnc(-c2ccccc2)nn1. The lowest BCUT2D eigenvalue weighted by Gasteiger charge is -2.30. The van der Waals surface area contributed by atoms with Crippen LogP contribution in [0, 0.1) is 0 Å². The van der Waals surface area contributed by atoms with Crippen LogP contribution in [0.3, 0.4) is 0 Å². The molecule has 1 aromatic carbocycles. The first-order valence-corrected chi connectivity index (χ1v) is 9.75. The van der Waals surface area contributed by atoms with Crippen LogP contribution >= 0.6 is 0 Å². The minimum Gasteiger partial charge on any atom is -0.444 e. The molecular formula is C21H30N6O3. The average molecular weight is 415 g/mol. The van der Waals surface area contributed by atoms with Crippen molar-refractivity contribution in [3.63, 3.8) is 0 Å². The zero-order chi connectivity index (χ0) is 22.5. The topological polar surface area (TPSA) is 110 Å². The average Bonchev–Trinajstić information content (AvgIpc) is 2.64. The van der Waals surface area contributed by atoms with E-state index in [4.69, 9.17) is 4.74 Å². The molecule has 0 bridgehead atoms. The lowest BCUT2D eigenvalue weighted by molar-refractivity contribution is -0.123. The number of hydrogen-bond acceptors (Lipinski definition) is 7. The summed E-state index contributed by atoms with van der Waals surface area (Å²) in [6.45, 7) is 11.0. The Morgan fingerprint density at radius 3 is 2.07 bits per heavy atom. The Bertz CT molecular complexity index is 857. The van der Waals surface area contributed by atoms with Crippen molar-refractivity contribution in [1.82, 2.24) is 30.6 Å². The molecule has 2 aromatic rings. The molecule has 1 atom stereocenters. The van der Waals surface area contributed by atoms with Gasteiger partial charge in [0.1, 0.15) is 11.6 Å². The van der Waals surface area contributed by atoms with Gasteiger partial charge in [0.15, 0.2) is 5.82 Å². The Hall–Kier alpha value is -3.10. The van der Waals surface area contributed by atoms with E-state index in [0.29, 0.717) is 5.82 Å². The molecule has 9 nitrogen and oxygen atoms in total. The minimum atomic E-state index is -0.785. The quantitative estimate of drug-likeness (QED) is 0.800. The molecule has 0 radical (unpaired) electrons. The Balaban J connectivity index is 2.30. The summed E-state index contributed by atoms with van der Waals surface area (Å²) < 4.78 is 5.44. The summed E-state index contributed by atoms with van der Waals surface area (Å²) in [5.74, 6) is 0.267. The van der Waals surface area contributed by atoms with Crippen molar-refractivity contribution >= 4 is 12.0 Å². The molecule has 1 N–H and O–H groups in total. The second kappa shape index (κ2) is 9.15. The molecule has 0 saturated carbocycles. The fourth-order valence-corrected chi connectivity index (χ4v) is 2.58. The minimum absolute atomic E-state index is 0.0545. The van der Waals surface area contributed by atoms with E-state index in [9.17, 15) is 9.59 Å². The highest BCUT2D eigenvalue weighted by Crippen LogP contribution is 2.23. The van der Waals surface area contributed by atoms with Gasteiger partial charge >= 0.3 is 6.09 Å². The van der Waals surface area contributed by atoms with E-state index in [1.807, 2.05) is 51.1 Å². The van der Waals surface area contributed by atoms with Crippen molar-refractivity contribution in [1.29, 1.82) is 0 Å². The molecule has 1 heterocycles. The van der Waals surface area contributed by atoms with Gasteiger partial charge in [0, 0.05) is 18.2 Å². The van der Waals surface area contributed by atoms with Gasteiger partial charge in [-0.05, 0) is 41.5 Å². The third-order valence-electron chi connectivity index (χ3n) is 3.87. The predicted octanol–water partition coefficient (Wildman–Crippen LogP) is 3.15.